The normalized spacial score (nSPS) is 15.8. The molecule has 1 aromatic rings. The summed E-state index contributed by atoms with van der Waals surface area (Å²) in [6, 6.07) is 1.99. The third-order valence-corrected chi connectivity index (χ3v) is 3.03. The Morgan fingerprint density at radius 3 is 3.00 bits per heavy atom. The number of rotatable bonds is 3. The number of aromatic nitrogens is 1. The summed E-state index contributed by atoms with van der Waals surface area (Å²) in [6.07, 6.45) is 6.64. The van der Waals surface area contributed by atoms with Gasteiger partial charge in [0, 0.05) is 0 Å². The molecular weight excluding hydrogens is 250 g/mol. The minimum absolute atomic E-state index is 0.439. The Balaban J connectivity index is 2.21. The Hall–Kier alpha value is -0.220. The molecule has 13 heavy (non-hydrogen) atoms. The number of nitrogens with zero attached hydrogens (tertiary/aromatic N) is 1. The molecule has 0 N–H and O–H groups in total. The topological polar surface area (TPSA) is 22.1 Å². The van der Waals surface area contributed by atoms with E-state index in [1.54, 1.807) is 18.0 Å². The van der Waals surface area contributed by atoms with Crippen molar-refractivity contribution in [1.82, 2.24) is 4.98 Å². The van der Waals surface area contributed by atoms with Crippen molar-refractivity contribution in [3.05, 3.63) is 16.9 Å². The van der Waals surface area contributed by atoms with Crippen LogP contribution in [0.3, 0.4) is 0 Å². The molecule has 0 atom stereocenters. The lowest BCUT2D eigenvalue weighted by molar-refractivity contribution is 0.294. The quantitative estimate of drug-likeness (QED) is 0.615. The molecule has 0 unspecified atom stereocenters. The number of thioether (sulfide) groups is 1. The average molecular weight is 260 g/mol. The second-order valence-corrected chi connectivity index (χ2v) is 4.64. The minimum atomic E-state index is 0.439. The lowest BCUT2D eigenvalue weighted by Gasteiger charge is -2.08. The van der Waals surface area contributed by atoms with Crippen molar-refractivity contribution >= 4 is 27.7 Å². The van der Waals surface area contributed by atoms with Gasteiger partial charge in [0.1, 0.15) is 4.60 Å². The fraction of sp³-hybridized carbons (Fsp3) is 0.444. The fourth-order valence-electron chi connectivity index (χ4n) is 1.01. The molecule has 70 valence electrons. The van der Waals surface area contributed by atoms with Gasteiger partial charge in [-0.2, -0.15) is 0 Å². The van der Waals surface area contributed by atoms with Crippen LogP contribution in [0, 0.1) is 0 Å². The van der Waals surface area contributed by atoms with E-state index in [-0.39, 0.29) is 0 Å². The molecule has 0 saturated heterocycles. The Kier molecular flexibility index (Phi) is 2.79. The predicted molar refractivity (Wildman–Crippen MR) is 57.4 cm³/mol. The van der Waals surface area contributed by atoms with Gasteiger partial charge < -0.3 is 4.74 Å². The fourth-order valence-corrected chi connectivity index (χ4v) is 2.03. The van der Waals surface area contributed by atoms with E-state index >= 15 is 0 Å². The number of pyridine rings is 1. The van der Waals surface area contributed by atoms with Gasteiger partial charge in [-0.25, -0.2) is 4.98 Å². The summed E-state index contributed by atoms with van der Waals surface area (Å²) in [4.78, 5) is 5.29. The molecule has 4 heteroatoms. The van der Waals surface area contributed by atoms with Crippen LogP contribution >= 0.6 is 27.7 Å². The maximum absolute atomic E-state index is 5.70. The van der Waals surface area contributed by atoms with E-state index in [0.29, 0.717) is 6.10 Å². The van der Waals surface area contributed by atoms with Gasteiger partial charge in [-0.3, -0.25) is 0 Å². The smallest absolute Gasteiger partial charge is 0.151 e. The summed E-state index contributed by atoms with van der Waals surface area (Å²) >= 11 is 5.02. The zero-order chi connectivity index (χ0) is 9.26. The van der Waals surface area contributed by atoms with Crippen LogP contribution < -0.4 is 4.74 Å². The van der Waals surface area contributed by atoms with Crippen LogP contribution in [0.1, 0.15) is 12.8 Å². The van der Waals surface area contributed by atoms with Gasteiger partial charge in [-0.05, 0) is 41.1 Å². The third kappa shape index (κ3) is 2.38. The Morgan fingerprint density at radius 1 is 1.62 bits per heavy atom. The molecule has 0 spiro atoms. The monoisotopic (exact) mass is 259 g/mol. The van der Waals surface area contributed by atoms with Crippen molar-refractivity contribution in [1.29, 1.82) is 0 Å². The molecule has 0 amide bonds. The van der Waals surface area contributed by atoms with Crippen molar-refractivity contribution < 1.29 is 4.74 Å². The van der Waals surface area contributed by atoms with Gasteiger partial charge in [0.05, 0.1) is 17.2 Å². The molecule has 1 fully saturated rings. The van der Waals surface area contributed by atoms with E-state index in [0.717, 1.165) is 15.2 Å². The van der Waals surface area contributed by atoms with Crippen LogP contribution in [-0.2, 0) is 0 Å². The highest BCUT2D eigenvalue weighted by molar-refractivity contribution is 9.10. The van der Waals surface area contributed by atoms with E-state index in [1.807, 2.05) is 12.3 Å². The second kappa shape index (κ2) is 3.88. The number of ether oxygens (including phenoxy) is 1. The predicted octanol–water partition coefficient (Wildman–Crippen LogP) is 3.11. The molecule has 0 aromatic carbocycles. The molecule has 1 aliphatic rings. The van der Waals surface area contributed by atoms with Gasteiger partial charge in [0.2, 0.25) is 0 Å². The van der Waals surface area contributed by atoms with Crippen LogP contribution in [0.25, 0.3) is 0 Å². The van der Waals surface area contributed by atoms with Gasteiger partial charge >= 0.3 is 0 Å². The zero-order valence-corrected chi connectivity index (χ0v) is 9.69. The summed E-state index contributed by atoms with van der Waals surface area (Å²) in [5.74, 6) is 0.915. The maximum atomic E-state index is 5.70. The summed E-state index contributed by atoms with van der Waals surface area (Å²) < 4.78 is 6.56. The van der Waals surface area contributed by atoms with Crippen molar-refractivity contribution in [2.45, 2.75) is 23.8 Å². The Bertz CT molecular complexity index is 314. The molecule has 0 radical (unpaired) electrons. The highest BCUT2D eigenvalue weighted by Crippen LogP contribution is 2.33. The van der Waals surface area contributed by atoms with Crippen LogP contribution in [0.15, 0.2) is 21.8 Å². The van der Waals surface area contributed by atoms with E-state index in [9.17, 15) is 0 Å². The van der Waals surface area contributed by atoms with Gasteiger partial charge in [0.15, 0.2) is 5.75 Å². The third-order valence-electron chi connectivity index (χ3n) is 1.84. The molecule has 2 nitrogen and oxygen atoms in total. The molecule has 0 aliphatic heterocycles. The summed E-state index contributed by atoms with van der Waals surface area (Å²) in [6.45, 7) is 0. The highest BCUT2D eigenvalue weighted by Gasteiger charge is 2.24. The lowest BCUT2D eigenvalue weighted by atomic mass is 10.4. The summed E-state index contributed by atoms with van der Waals surface area (Å²) in [5.41, 5.74) is 0. The highest BCUT2D eigenvalue weighted by atomic mass is 79.9. The minimum Gasteiger partial charge on any atom is -0.488 e. The first-order valence-electron chi connectivity index (χ1n) is 4.16. The molecule has 1 aliphatic carbocycles. The van der Waals surface area contributed by atoms with Gasteiger partial charge in [-0.1, -0.05) is 0 Å². The average Bonchev–Trinajstić information content (AvgIpc) is 2.92. The largest absolute Gasteiger partial charge is 0.488 e. The summed E-state index contributed by atoms with van der Waals surface area (Å²) in [7, 11) is 0. The van der Waals surface area contributed by atoms with Gasteiger partial charge in [-0.15, -0.1) is 11.8 Å². The van der Waals surface area contributed by atoms with Crippen LogP contribution in [0.4, 0.5) is 0 Å². The molecule has 1 saturated carbocycles. The van der Waals surface area contributed by atoms with E-state index in [1.165, 1.54) is 12.8 Å². The van der Waals surface area contributed by atoms with Crippen molar-refractivity contribution in [2.75, 3.05) is 6.26 Å². The lowest BCUT2D eigenvalue weighted by Crippen LogP contribution is -1.97. The molecule has 1 aromatic heterocycles. The first kappa shape index (κ1) is 9.34. The SMILES string of the molecule is CSc1cc(Br)ncc1OC1CC1. The molecule has 1 heterocycles. The van der Waals surface area contributed by atoms with Crippen LogP contribution in [0.5, 0.6) is 5.75 Å². The van der Waals surface area contributed by atoms with E-state index < -0.39 is 0 Å². The molecule has 0 bridgehead atoms. The first-order chi connectivity index (χ1) is 6.29. The number of halogens is 1. The van der Waals surface area contributed by atoms with Crippen molar-refractivity contribution in [2.24, 2.45) is 0 Å². The van der Waals surface area contributed by atoms with Crippen molar-refractivity contribution in [3.63, 3.8) is 0 Å². The van der Waals surface area contributed by atoms with Crippen molar-refractivity contribution in [3.8, 4) is 5.75 Å². The van der Waals surface area contributed by atoms with E-state index in [2.05, 4.69) is 20.9 Å². The molecule has 2 rings (SSSR count). The van der Waals surface area contributed by atoms with E-state index in [4.69, 9.17) is 4.74 Å². The van der Waals surface area contributed by atoms with Crippen LogP contribution in [0.2, 0.25) is 0 Å². The Morgan fingerprint density at radius 2 is 2.38 bits per heavy atom. The Labute approximate surface area is 90.2 Å². The standard InChI is InChI=1S/C9H10BrNOS/c1-13-8-4-9(10)11-5-7(8)12-6-2-3-6/h4-6H,2-3H2,1H3. The maximum Gasteiger partial charge on any atom is 0.151 e. The molecular formula is C9H10BrNOS. The first-order valence-corrected chi connectivity index (χ1v) is 6.17. The van der Waals surface area contributed by atoms with Gasteiger partial charge in [0.25, 0.3) is 0 Å². The summed E-state index contributed by atoms with van der Waals surface area (Å²) in [5, 5.41) is 0. The number of hydrogen-bond acceptors (Lipinski definition) is 3. The zero-order valence-electron chi connectivity index (χ0n) is 7.29. The second-order valence-electron chi connectivity index (χ2n) is 2.98. The number of hydrogen-bond donors (Lipinski definition) is 0. The van der Waals surface area contributed by atoms with Crippen LogP contribution in [-0.4, -0.2) is 17.3 Å².